The molecule has 3 N–H and O–H groups in total. The van der Waals surface area contributed by atoms with Crippen LogP contribution in [0.1, 0.15) is 51.0 Å². The molecule has 6 heteroatoms. The van der Waals surface area contributed by atoms with Gasteiger partial charge in [0.15, 0.2) is 0 Å². The number of hydrogen-bond donors (Lipinski definition) is 2. The van der Waals surface area contributed by atoms with Crippen molar-refractivity contribution in [3.63, 3.8) is 0 Å². The number of carbonyl (C=O) groups is 1. The second kappa shape index (κ2) is 5.96. The predicted octanol–water partition coefficient (Wildman–Crippen LogP) is 2.34. The van der Waals surface area contributed by atoms with Gasteiger partial charge < -0.3 is 11.1 Å². The van der Waals surface area contributed by atoms with Crippen LogP contribution >= 0.6 is 11.3 Å². The van der Waals surface area contributed by atoms with Gasteiger partial charge in [0, 0.05) is 12.0 Å². The van der Waals surface area contributed by atoms with Crippen molar-refractivity contribution in [2.24, 2.45) is 11.7 Å². The molecule has 1 aromatic rings. The Morgan fingerprint density at radius 3 is 3.00 bits per heavy atom. The quantitative estimate of drug-likeness (QED) is 0.888. The molecule has 2 unspecified atom stereocenters. The van der Waals surface area contributed by atoms with Crippen LogP contribution in [0.2, 0.25) is 0 Å². The van der Waals surface area contributed by atoms with Crippen LogP contribution in [0.5, 0.6) is 0 Å². The number of nitrogens with two attached hydrogens (primary N) is 1. The lowest BCUT2D eigenvalue weighted by molar-refractivity contribution is -0.122. The Morgan fingerprint density at radius 1 is 1.53 bits per heavy atom. The van der Waals surface area contributed by atoms with Crippen molar-refractivity contribution < 1.29 is 4.79 Å². The molecule has 1 aliphatic rings. The summed E-state index contributed by atoms with van der Waals surface area (Å²) in [4.78, 5) is 12.3. The van der Waals surface area contributed by atoms with E-state index in [0.29, 0.717) is 5.13 Å². The summed E-state index contributed by atoms with van der Waals surface area (Å²) in [6, 6.07) is 0. The number of aromatic nitrogens is 2. The molecule has 0 radical (unpaired) electrons. The first-order valence-corrected chi connectivity index (χ1v) is 7.76. The Bertz CT molecular complexity index is 444. The third-order valence-corrected chi connectivity index (χ3v) is 4.63. The molecular formula is C13H22N4OS. The van der Waals surface area contributed by atoms with Crippen LogP contribution in [0.4, 0.5) is 5.13 Å². The molecule has 1 aromatic heterocycles. The highest BCUT2D eigenvalue weighted by Crippen LogP contribution is 2.32. The van der Waals surface area contributed by atoms with Crippen LogP contribution in [-0.4, -0.2) is 21.6 Å². The zero-order valence-electron chi connectivity index (χ0n) is 11.6. The molecular weight excluding hydrogens is 260 g/mol. The highest BCUT2D eigenvalue weighted by Gasteiger charge is 2.38. The molecule has 0 saturated heterocycles. The highest BCUT2D eigenvalue weighted by molar-refractivity contribution is 7.15. The summed E-state index contributed by atoms with van der Waals surface area (Å²) >= 11 is 1.45. The molecule has 1 fully saturated rings. The normalized spacial score (nSPS) is 27.2. The van der Waals surface area contributed by atoms with Crippen LogP contribution in [0.15, 0.2) is 0 Å². The van der Waals surface area contributed by atoms with Gasteiger partial charge in [-0.25, -0.2) is 0 Å². The molecule has 106 valence electrons. The Hall–Kier alpha value is -1.01. The topological polar surface area (TPSA) is 80.9 Å². The van der Waals surface area contributed by atoms with Crippen molar-refractivity contribution in [3.05, 3.63) is 5.01 Å². The van der Waals surface area contributed by atoms with Crippen LogP contribution in [0.3, 0.4) is 0 Å². The largest absolute Gasteiger partial charge is 0.325 e. The van der Waals surface area contributed by atoms with Crippen LogP contribution < -0.4 is 11.1 Å². The lowest BCUT2D eigenvalue weighted by Gasteiger charge is -2.36. The molecule has 2 atom stereocenters. The van der Waals surface area contributed by atoms with Gasteiger partial charge in [-0.15, -0.1) is 10.2 Å². The summed E-state index contributed by atoms with van der Waals surface area (Å²) in [5.41, 5.74) is 5.83. The summed E-state index contributed by atoms with van der Waals surface area (Å²) in [7, 11) is 0. The summed E-state index contributed by atoms with van der Waals surface area (Å²) in [6.07, 6.45) is 5.89. The van der Waals surface area contributed by atoms with Crippen molar-refractivity contribution in [3.8, 4) is 0 Å². The first-order valence-electron chi connectivity index (χ1n) is 6.95. The maximum Gasteiger partial charge on any atom is 0.231 e. The van der Waals surface area contributed by atoms with Gasteiger partial charge >= 0.3 is 0 Å². The van der Waals surface area contributed by atoms with Crippen molar-refractivity contribution >= 4 is 22.4 Å². The number of hydrogen-bond acceptors (Lipinski definition) is 5. The van der Waals surface area contributed by atoms with Gasteiger partial charge in [-0.05, 0) is 26.2 Å². The van der Waals surface area contributed by atoms with E-state index in [0.717, 1.165) is 43.5 Å². The first-order chi connectivity index (χ1) is 9.03. The monoisotopic (exact) mass is 282 g/mol. The summed E-state index contributed by atoms with van der Waals surface area (Å²) in [5, 5.41) is 12.5. The standard InChI is InChI=1S/C13H22N4OS/c1-3-6-10-16-17-12(19-10)15-11(18)9-7-4-5-8-13(9,2)14/h9H,3-8,14H2,1-2H3,(H,15,17,18). The number of rotatable bonds is 4. The van der Waals surface area contributed by atoms with Gasteiger partial charge in [0.2, 0.25) is 11.0 Å². The van der Waals surface area contributed by atoms with Gasteiger partial charge in [0.25, 0.3) is 0 Å². The van der Waals surface area contributed by atoms with E-state index in [1.807, 2.05) is 6.92 Å². The second-order valence-electron chi connectivity index (χ2n) is 5.54. The Morgan fingerprint density at radius 2 is 2.32 bits per heavy atom. The molecule has 1 amide bonds. The van der Waals surface area contributed by atoms with E-state index >= 15 is 0 Å². The van der Waals surface area contributed by atoms with Crippen LogP contribution in [0.25, 0.3) is 0 Å². The molecule has 0 bridgehead atoms. The number of nitrogens with zero attached hydrogens (tertiary/aromatic N) is 2. The summed E-state index contributed by atoms with van der Waals surface area (Å²) in [6.45, 7) is 4.07. The van der Waals surface area contributed by atoms with E-state index in [1.165, 1.54) is 11.3 Å². The maximum absolute atomic E-state index is 12.3. The van der Waals surface area contributed by atoms with E-state index in [4.69, 9.17) is 5.73 Å². The minimum atomic E-state index is -0.404. The Kier molecular flexibility index (Phi) is 4.52. The first kappa shape index (κ1) is 14.4. The third-order valence-electron chi connectivity index (χ3n) is 3.73. The number of aryl methyl sites for hydroxylation is 1. The zero-order valence-corrected chi connectivity index (χ0v) is 12.4. The van der Waals surface area contributed by atoms with Gasteiger partial charge in [-0.1, -0.05) is 31.1 Å². The van der Waals surface area contributed by atoms with E-state index < -0.39 is 5.54 Å². The summed E-state index contributed by atoms with van der Waals surface area (Å²) < 4.78 is 0. The van der Waals surface area contributed by atoms with E-state index in [9.17, 15) is 4.79 Å². The summed E-state index contributed by atoms with van der Waals surface area (Å²) in [5.74, 6) is -0.135. The van der Waals surface area contributed by atoms with Gasteiger partial charge in [0.05, 0.1) is 5.92 Å². The second-order valence-corrected chi connectivity index (χ2v) is 6.61. The third kappa shape index (κ3) is 3.51. The fourth-order valence-corrected chi connectivity index (χ4v) is 3.44. The fourth-order valence-electron chi connectivity index (χ4n) is 2.60. The number of nitrogens with one attached hydrogen (secondary N) is 1. The SMILES string of the molecule is CCCc1nnc(NC(=O)C2CCCCC2(C)N)s1. The lowest BCUT2D eigenvalue weighted by Crippen LogP contribution is -2.51. The highest BCUT2D eigenvalue weighted by atomic mass is 32.1. The maximum atomic E-state index is 12.3. The van der Waals surface area contributed by atoms with Crippen molar-refractivity contribution in [1.82, 2.24) is 10.2 Å². The number of carbonyl (C=O) groups excluding carboxylic acids is 1. The van der Waals surface area contributed by atoms with Crippen LogP contribution in [-0.2, 0) is 11.2 Å². The Labute approximate surface area is 118 Å². The van der Waals surface area contributed by atoms with Crippen LogP contribution in [0, 0.1) is 5.92 Å². The minimum absolute atomic E-state index is 0.0103. The average molecular weight is 282 g/mol. The van der Waals surface area contributed by atoms with Crippen molar-refractivity contribution in [2.75, 3.05) is 5.32 Å². The molecule has 2 rings (SSSR count). The lowest BCUT2D eigenvalue weighted by atomic mass is 9.74. The zero-order chi connectivity index (χ0) is 13.9. The number of amides is 1. The molecule has 1 heterocycles. The smallest absolute Gasteiger partial charge is 0.231 e. The van der Waals surface area contributed by atoms with Gasteiger partial charge in [-0.2, -0.15) is 0 Å². The molecule has 1 aliphatic carbocycles. The molecule has 1 saturated carbocycles. The van der Waals surface area contributed by atoms with E-state index in [1.54, 1.807) is 0 Å². The average Bonchev–Trinajstić information content (AvgIpc) is 2.76. The van der Waals surface area contributed by atoms with Gasteiger partial charge in [-0.3, -0.25) is 4.79 Å². The number of anilines is 1. The molecule has 5 nitrogen and oxygen atoms in total. The molecule has 0 aromatic carbocycles. The fraction of sp³-hybridized carbons (Fsp3) is 0.769. The molecule has 19 heavy (non-hydrogen) atoms. The minimum Gasteiger partial charge on any atom is -0.325 e. The van der Waals surface area contributed by atoms with E-state index in [-0.39, 0.29) is 11.8 Å². The van der Waals surface area contributed by atoms with Crippen molar-refractivity contribution in [2.45, 2.75) is 57.9 Å². The van der Waals surface area contributed by atoms with E-state index in [2.05, 4.69) is 22.4 Å². The predicted molar refractivity (Wildman–Crippen MR) is 77.1 cm³/mol. The molecule has 0 aliphatic heterocycles. The van der Waals surface area contributed by atoms with Crippen molar-refractivity contribution in [1.29, 1.82) is 0 Å². The van der Waals surface area contributed by atoms with Gasteiger partial charge in [0.1, 0.15) is 5.01 Å². The Balaban J connectivity index is 1.99. The molecule has 0 spiro atoms.